The number of benzene rings is 1. The highest BCUT2D eigenvalue weighted by Crippen LogP contribution is 2.33. The van der Waals surface area contributed by atoms with Gasteiger partial charge in [-0.3, -0.25) is 9.69 Å². The van der Waals surface area contributed by atoms with Crippen LogP contribution in [0, 0.1) is 5.82 Å². The first-order chi connectivity index (χ1) is 11.9. The highest BCUT2D eigenvalue weighted by molar-refractivity contribution is 7.09. The summed E-state index contributed by atoms with van der Waals surface area (Å²) in [5, 5.41) is 5.64. The molecule has 5 nitrogen and oxygen atoms in total. The fourth-order valence-electron chi connectivity index (χ4n) is 2.97. The van der Waals surface area contributed by atoms with E-state index in [1.54, 1.807) is 12.1 Å². The quantitative estimate of drug-likeness (QED) is 0.825. The summed E-state index contributed by atoms with van der Waals surface area (Å²) < 4.78 is 13.2. The lowest BCUT2D eigenvalue weighted by molar-refractivity contribution is -0.132. The third-order valence-corrected chi connectivity index (χ3v) is 5.62. The first-order valence-electron chi connectivity index (χ1n) is 8.22. The lowest BCUT2D eigenvalue weighted by atomic mass is 9.87. The van der Waals surface area contributed by atoms with Crippen LogP contribution < -0.4 is 5.32 Å². The number of halogens is 1. The van der Waals surface area contributed by atoms with E-state index in [0.717, 1.165) is 5.01 Å². The molecular formula is C18H20FN3O2S. The summed E-state index contributed by atoms with van der Waals surface area (Å²) in [7, 11) is 0. The van der Waals surface area contributed by atoms with Crippen molar-refractivity contribution in [1.82, 2.24) is 15.2 Å². The average Bonchev–Trinajstić information content (AvgIpc) is 3.15. The summed E-state index contributed by atoms with van der Waals surface area (Å²) in [5.41, 5.74) is 0.128. The first-order valence-corrected chi connectivity index (χ1v) is 9.09. The van der Waals surface area contributed by atoms with Gasteiger partial charge >= 0.3 is 6.03 Å². The van der Waals surface area contributed by atoms with Crippen molar-refractivity contribution in [3.63, 3.8) is 0 Å². The predicted molar refractivity (Wildman–Crippen MR) is 93.7 cm³/mol. The molecule has 0 spiro atoms. The van der Waals surface area contributed by atoms with E-state index in [1.165, 1.54) is 28.4 Å². The molecule has 1 unspecified atom stereocenters. The Labute approximate surface area is 149 Å². The molecule has 1 saturated heterocycles. The minimum Gasteiger partial charge on any atom is -0.319 e. The zero-order valence-electron chi connectivity index (χ0n) is 14.4. The number of carbonyl (C=O) groups excluding carboxylic acids is 2. The van der Waals surface area contributed by atoms with Gasteiger partial charge in [0, 0.05) is 11.3 Å². The van der Waals surface area contributed by atoms with E-state index in [-0.39, 0.29) is 18.3 Å². The van der Waals surface area contributed by atoms with Crippen LogP contribution in [0.15, 0.2) is 29.6 Å². The van der Waals surface area contributed by atoms with Gasteiger partial charge in [-0.25, -0.2) is 14.2 Å². The highest BCUT2D eigenvalue weighted by Gasteiger charge is 2.51. The molecule has 2 aromatic rings. The summed E-state index contributed by atoms with van der Waals surface area (Å²) in [6.45, 7) is 6.06. The Kier molecular flexibility index (Phi) is 4.60. The molecule has 3 rings (SSSR count). The summed E-state index contributed by atoms with van der Waals surface area (Å²) >= 11 is 1.52. The van der Waals surface area contributed by atoms with Crippen molar-refractivity contribution in [1.29, 1.82) is 0 Å². The molecule has 132 valence electrons. The van der Waals surface area contributed by atoms with Gasteiger partial charge in [0.1, 0.15) is 11.4 Å². The van der Waals surface area contributed by atoms with E-state index in [2.05, 4.69) is 10.3 Å². The molecule has 1 fully saturated rings. The van der Waals surface area contributed by atoms with Gasteiger partial charge < -0.3 is 5.32 Å². The van der Waals surface area contributed by atoms with Crippen LogP contribution in [-0.4, -0.2) is 21.8 Å². The monoisotopic (exact) mass is 361 g/mol. The molecule has 0 aliphatic carbocycles. The van der Waals surface area contributed by atoms with Crippen LogP contribution in [0.4, 0.5) is 9.18 Å². The van der Waals surface area contributed by atoms with Crippen molar-refractivity contribution in [2.75, 3.05) is 0 Å². The third-order valence-electron chi connectivity index (χ3n) is 4.43. The summed E-state index contributed by atoms with van der Waals surface area (Å²) in [4.78, 5) is 31.1. The molecule has 2 heterocycles. The van der Waals surface area contributed by atoms with E-state index in [9.17, 15) is 14.0 Å². The first kappa shape index (κ1) is 17.5. The number of imide groups is 1. The molecule has 25 heavy (non-hydrogen) atoms. The van der Waals surface area contributed by atoms with Crippen LogP contribution in [0.25, 0.3) is 0 Å². The maximum absolute atomic E-state index is 13.2. The molecule has 1 atom stereocenters. The fraction of sp³-hybridized carbons (Fsp3) is 0.389. The number of hydrogen-bond acceptors (Lipinski definition) is 4. The van der Waals surface area contributed by atoms with Crippen molar-refractivity contribution >= 4 is 23.3 Å². The van der Waals surface area contributed by atoms with Gasteiger partial charge in [0.25, 0.3) is 5.91 Å². The number of hydrogen-bond donors (Lipinski definition) is 1. The average molecular weight is 361 g/mol. The Hall–Kier alpha value is -2.28. The molecule has 3 amide bonds. The molecule has 1 aromatic carbocycles. The van der Waals surface area contributed by atoms with Crippen molar-refractivity contribution in [2.45, 2.75) is 45.2 Å². The molecule has 1 aromatic heterocycles. The van der Waals surface area contributed by atoms with E-state index in [1.807, 2.05) is 26.2 Å². The molecular weight excluding hydrogens is 341 g/mol. The van der Waals surface area contributed by atoms with Crippen molar-refractivity contribution in [3.05, 3.63) is 51.7 Å². The summed E-state index contributed by atoms with van der Waals surface area (Å²) in [6, 6.07) is 5.23. The minimum atomic E-state index is -1.15. The number of nitrogens with one attached hydrogen (secondary N) is 1. The van der Waals surface area contributed by atoms with Crippen LogP contribution in [0.1, 0.15) is 49.4 Å². The van der Waals surface area contributed by atoms with Crippen LogP contribution in [0.5, 0.6) is 0 Å². The van der Waals surface area contributed by atoms with Gasteiger partial charge in [-0.15, -0.1) is 11.3 Å². The number of urea groups is 1. The van der Waals surface area contributed by atoms with Gasteiger partial charge in [0.05, 0.1) is 17.2 Å². The van der Waals surface area contributed by atoms with Crippen molar-refractivity contribution in [3.8, 4) is 0 Å². The summed E-state index contributed by atoms with van der Waals surface area (Å²) in [6.07, 6.45) is 0.383. The second-order valence-electron chi connectivity index (χ2n) is 6.42. The number of amides is 3. The van der Waals surface area contributed by atoms with Crippen LogP contribution >= 0.6 is 11.3 Å². The minimum absolute atomic E-state index is 0.136. The maximum atomic E-state index is 13.2. The number of carbonyl (C=O) groups is 2. The van der Waals surface area contributed by atoms with E-state index >= 15 is 0 Å². The smallest absolute Gasteiger partial charge is 0.319 e. The summed E-state index contributed by atoms with van der Waals surface area (Å²) in [5.74, 6) is -0.408. The SMILES string of the molecule is CCC1(c2ccc(F)cc2)NC(=O)N(Cc2csc(C(C)C)n2)C1=O. The second-order valence-corrected chi connectivity index (χ2v) is 7.31. The standard InChI is InChI=1S/C18H20FN3O2S/c1-4-18(12-5-7-13(19)8-6-12)16(23)22(17(24)21-18)9-14-10-25-15(20-14)11(2)3/h5-8,10-11H,4,9H2,1-3H3,(H,21,24). The molecule has 1 N–H and O–H groups in total. The molecule has 0 bridgehead atoms. The van der Waals surface area contributed by atoms with Gasteiger partial charge in [0.15, 0.2) is 0 Å². The number of rotatable bonds is 5. The largest absolute Gasteiger partial charge is 0.325 e. The van der Waals surface area contributed by atoms with Gasteiger partial charge in [0.2, 0.25) is 0 Å². The van der Waals surface area contributed by atoms with E-state index in [4.69, 9.17) is 0 Å². The molecule has 0 saturated carbocycles. The number of nitrogens with zero attached hydrogens (tertiary/aromatic N) is 2. The van der Waals surface area contributed by atoms with Gasteiger partial charge in [-0.1, -0.05) is 32.9 Å². The number of aromatic nitrogens is 1. The Bertz CT molecular complexity index is 803. The zero-order chi connectivity index (χ0) is 18.2. The van der Waals surface area contributed by atoms with Crippen molar-refractivity contribution in [2.24, 2.45) is 0 Å². The zero-order valence-corrected chi connectivity index (χ0v) is 15.2. The maximum Gasteiger partial charge on any atom is 0.325 e. The van der Waals surface area contributed by atoms with Gasteiger partial charge in [-0.2, -0.15) is 0 Å². The third kappa shape index (κ3) is 3.04. The topological polar surface area (TPSA) is 62.3 Å². The molecule has 0 radical (unpaired) electrons. The Morgan fingerprint density at radius 3 is 2.52 bits per heavy atom. The normalized spacial score (nSPS) is 20.4. The van der Waals surface area contributed by atoms with Gasteiger partial charge in [-0.05, 0) is 24.1 Å². The molecule has 1 aliphatic rings. The second kappa shape index (κ2) is 6.55. The Morgan fingerprint density at radius 2 is 1.96 bits per heavy atom. The van der Waals surface area contributed by atoms with E-state index < -0.39 is 11.6 Å². The van der Waals surface area contributed by atoms with Crippen LogP contribution in [-0.2, 0) is 16.9 Å². The van der Waals surface area contributed by atoms with Crippen LogP contribution in [0.2, 0.25) is 0 Å². The highest BCUT2D eigenvalue weighted by atomic mass is 32.1. The molecule has 7 heteroatoms. The van der Waals surface area contributed by atoms with E-state index in [0.29, 0.717) is 23.6 Å². The fourth-order valence-corrected chi connectivity index (χ4v) is 3.79. The molecule has 1 aliphatic heterocycles. The predicted octanol–water partition coefficient (Wildman–Crippen LogP) is 3.76. The van der Waals surface area contributed by atoms with Crippen molar-refractivity contribution < 1.29 is 14.0 Å². The Balaban J connectivity index is 1.88. The lowest BCUT2D eigenvalue weighted by Crippen LogP contribution is -2.43. The lowest BCUT2D eigenvalue weighted by Gasteiger charge is -2.25. The number of thiazole rings is 1. The van der Waals surface area contributed by atoms with Crippen LogP contribution in [0.3, 0.4) is 0 Å². The Morgan fingerprint density at radius 1 is 1.28 bits per heavy atom.